The lowest BCUT2D eigenvalue weighted by atomic mass is 10.1. The van der Waals surface area contributed by atoms with Crippen LogP contribution in [0.4, 0.5) is 4.39 Å². The van der Waals surface area contributed by atoms with Gasteiger partial charge in [-0.3, -0.25) is 0 Å². The molecule has 1 nitrogen and oxygen atoms in total. The standard InChI is InChI=1S/C14H13FOS/c1-16-13-8-7-10(9-12(13)15)11-5-3-4-6-14(11)17-2/h3-9H,1-2H3. The molecular weight excluding hydrogens is 235 g/mol. The first kappa shape index (κ1) is 12.0. The molecule has 0 fully saturated rings. The Morgan fingerprint density at radius 1 is 1.12 bits per heavy atom. The molecule has 0 aliphatic rings. The van der Waals surface area contributed by atoms with Crippen molar-refractivity contribution in [3.63, 3.8) is 0 Å². The van der Waals surface area contributed by atoms with Gasteiger partial charge in [-0.15, -0.1) is 11.8 Å². The predicted molar refractivity (Wildman–Crippen MR) is 70.2 cm³/mol. The Balaban J connectivity index is 2.49. The molecule has 0 aliphatic carbocycles. The van der Waals surface area contributed by atoms with Gasteiger partial charge in [0, 0.05) is 4.90 Å². The molecule has 0 bridgehead atoms. The number of rotatable bonds is 3. The van der Waals surface area contributed by atoms with Crippen LogP contribution in [-0.2, 0) is 0 Å². The summed E-state index contributed by atoms with van der Waals surface area (Å²) in [6, 6.07) is 13.0. The molecule has 0 N–H and O–H groups in total. The van der Waals surface area contributed by atoms with Crippen molar-refractivity contribution in [3.8, 4) is 16.9 Å². The van der Waals surface area contributed by atoms with Crippen molar-refractivity contribution in [1.82, 2.24) is 0 Å². The van der Waals surface area contributed by atoms with E-state index in [2.05, 4.69) is 0 Å². The van der Waals surface area contributed by atoms with E-state index in [0.29, 0.717) is 0 Å². The summed E-state index contributed by atoms with van der Waals surface area (Å²) < 4.78 is 18.6. The Bertz CT molecular complexity index is 525. The first-order valence-electron chi connectivity index (χ1n) is 5.23. The summed E-state index contributed by atoms with van der Waals surface area (Å²) in [5.74, 6) is -0.0590. The Hall–Kier alpha value is -1.48. The van der Waals surface area contributed by atoms with Crippen LogP contribution in [0, 0.1) is 5.82 Å². The number of thioether (sulfide) groups is 1. The van der Waals surface area contributed by atoms with Gasteiger partial charge in [0.05, 0.1) is 7.11 Å². The molecule has 88 valence electrons. The number of benzene rings is 2. The molecule has 2 aromatic carbocycles. The average molecular weight is 248 g/mol. The van der Waals surface area contributed by atoms with Crippen LogP contribution in [0.5, 0.6) is 5.75 Å². The fraction of sp³-hybridized carbons (Fsp3) is 0.143. The highest BCUT2D eigenvalue weighted by Crippen LogP contribution is 2.32. The van der Waals surface area contributed by atoms with Crippen LogP contribution in [0.2, 0.25) is 0 Å². The first-order valence-corrected chi connectivity index (χ1v) is 6.45. The summed E-state index contributed by atoms with van der Waals surface area (Å²) >= 11 is 1.65. The minimum absolute atomic E-state index is 0.274. The molecule has 0 heterocycles. The van der Waals surface area contributed by atoms with Crippen molar-refractivity contribution in [3.05, 3.63) is 48.3 Å². The number of ether oxygens (including phenoxy) is 1. The molecule has 0 unspecified atom stereocenters. The van der Waals surface area contributed by atoms with Crippen molar-refractivity contribution in [2.24, 2.45) is 0 Å². The van der Waals surface area contributed by atoms with Gasteiger partial charge in [0.15, 0.2) is 11.6 Å². The molecule has 0 saturated heterocycles. The molecule has 0 aliphatic heterocycles. The van der Waals surface area contributed by atoms with Crippen LogP contribution in [0.15, 0.2) is 47.4 Å². The van der Waals surface area contributed by atoms with Gasteiger partial charge in [-0.1, -0.05) is 24.3 Å². The van der Waals surface area contributed by atoms with Gasteiger partial charge in [-0.2, -0.15) is 0 Å². The second kappa shape index (κ2) is 5.23. The summed E-state index contributed by atoms with van der Waals surface area (Å²) in [4.78, 5) is 1.14. The Morgan fingerprint density at radius 2 is 1.88 bits per heavy atom. The number of methoxy groups -OCH3 is 1. The van der Waals surface area contributed by atoms with E-state index in [1.807, 2.05) is 36.6 Å². The highest BCUT2D eigenvalue weighted by atomic mass is 32.2. The van der Waals surface area contributed by atoms with Crippen molar-refractivity contribution in [2.75, 3.05) is 13.4 Å². The number of hydrogen-bond donors (Lipinski definition) is 0. The average Bonchev–Trinajstić information content (AvgIpc) is 2.38. The fourth-order valence-electron chi connectivity index (χ4n) is 1.72. The molecule has 2 rings (SSSR count). The van der Waals surface area contributed by atoms with E-state index in [0.717, 1.165) is 16.0 Å². The van der Waals surface area contributed by atoms with Gasteiger partial charge >= 0.3 is 0 Å². The summed E-state index contributed by atoms with van der Waals surface area (Å²) in [5.41, 5.74) is 1.91. The SMILES string of the molecule is COc1ccc(-c2ccccc2SC)cc1F. The van der Waals surface area contributed by atoms with Crippen molar-refractivity contribution < 1.29 is 9.13 Å². The molecule has 0 spiro atoms. The van der Waals surface area contributed by atoms with Gasteiger partial charge in [-0.05, 0) is 35.6 Å². The predicted octanol–water partition coefficient (Wildman–Crippen LogP) is 4.22. The van der Waals surface area contributed by atoms with Crippen molar-refractivity contribution in [2.45, 2.75) is 4.90 Å². The zero-order valence-electron chi connectivity index (χ0n) is 9.74. The fourth-order valence-corrected chi connectivity index (χ4v) is 2.34. The van der Waals surface area contributed by atoms with Gasteiger partial charge in [0.2, 0.25) is 0 Å². The van der Waals surface area contributed by atoms with Gasteiger partial charge in [0.25, 0.3) is 0 Å². The van der Waals surface area contributed by atoms with E-state index < -0.39 is 0 Å². The Labute approximate surface area is 105 Å². The minimum Gasteiger partial charge on any atom is -0.494 e. The number of hydrogen-bond acceptors (Lipinski definition) is 2. The van der Waals surface area contributed by atoms with Crippen molar-refractivity contribution in [1.29, 1.82) is 0 Å². The topological polar surface area (TPSA) is 9.23 Å². The second-order valence-electron chi connectivity index (χ2n) is 3.55. The summed E-state index contributed by atoms with van der Waals surface area (Å²) in [6.07, 6.45) is 2.01. The van der Waals surface area contributed by atoms with E-state index in [-0.39, 0.29) is 11.6 Å². The molecule has 3 heteroatoms. The molecule has 0 aromatic heterocycles. The van der Waals surface area contributed by atoms with Crippen LogP contribution >= 0.6 is 11.8 Å². The Morgan fingerprint density at radius 3 is 2.53 bits per heavy atom. The third-order valence-corrected chi connectivity index (χ3v) is 3.37. The molecular formula is C14H13FOS. The normalized spacial score (nSPS) is 10.3. The van der Waals surface area contributed by atoms with Crippen molar-refractivity contribution >= 4 is 11.8 Å². The van der Waals surface area contributed by atoms with E-state index in [4.69, 9.17) is 4.74 Å². The summed E-state index contributed by atoms with van der Waals surface area (Å²) in [5, 5.41) is 0. The lowest BCUT2D eigenvalue weighted by Crippen LogP contribution is -1.89. The van der Waals surface area contributed by atoms with E-state index in [9.17, 15) is 4.39 Å². The maximum atomic E-state index is 13.6. The third kappa shape index (κ3) is 2.44. The maximum Gasteiger partial charge on any atom is 0.165 e. The van der Waals surface area contributed by atoms with Gasteiger partial charge in [-0.25, -0.2) is 4.39 Å². The highest BCUT2D eigenvalue weighted by molar-refractivity contribution is 7.98. The van der Waals surface area contributed by atoms with Crippen LogP contribution in [0.3, 0.4) is 0 Å². The highest BCUT2D eigenvalue weighted by Gasteiger charge is 2.07. The minimum atomic E-state index is -0.332. The van der Waals surface area contributed by atoms with E-state index in [1.54, 1.807) is 17.8 Å². The van der Waals surface area contributed by atoms with Crippen LogP contribution in [0.25, 0.3) is 11.1 Å². The van der Waals surface area contributed by atoms with Crippen LogP contribution < -0.4 is 4.74 Å². The Kier molecular flexibility index (Phi) is 3.69. The monoisotopic (exact) mass is 248 g/mol. The van der Waals surface area contributed by atoms with Crippen LogP contribution in [-0.4, -0.2) is 13.4 Å². The zero-order valence-corrected chi connectivity index (χ0v) is 10.6. The largest absolute Gasteiger partial charge is 0.494 e. The maximum absolute atomic E-state index is 13.6. The quantitative estimate of drug-likeness (QED) is 0.752. The van der Waals surface area contributed by atoms with E-state index in [1.165, 1.54) is 13.2 Å². The van der Waals surface area contributed by atoms with Crippen LogP contribution in [0.1, 0.15) is 0 Å². The lowest BCUT2D eigenvalue weighted by molar-refractivity contribution is 0.386. The second-order valence-corrected chi connectivity index (χ2v) is 4.40. The lowest BCUT2D eigenvalue weighted by Gasteiger charge is -2.09. The first-order chi connectivity index (χ1) is 8.26. The summed E-state index contributed by atoms with van der Waals surface area (Å²) in [6.45, 7) is 0. The zero-order chi connectivity index (χ0) is 12.3. The third-order valence-electron chi connectivity index (χ3n) is 2.57. The van der Waals surface area contributed by atoms with Gasteiger partial charge < -0.3 is 4.74 Å². The summed E-state index contributed by atoms with van der Waals surface area (Å²) in [7, 11) is 1.47. The smallest absolute Gasteiger partial charge is 0.165 e. The van der Waals surface area contributed by atoms with E-state index >= 15 is 0 Å². The van der Waals surface area contributed by atoms with Gasteiger partial charge in [0.1, 0.15) is 0 Å². The molecule has 17 heavy (non-hydrogen) atoms. The molecule has 2 aromatic rings. The molecule has 0 atom stereocenters. The molecule has 0 radical (unpaired) electrons. The number of halogens is 1. The molecule has 0 amide bonds. The molecule has 0 saturated carbocycles.